The monoisotopic (exact) mass is 229 g/mol. The van der Waals surface area contributed by atoms with Crippen LogP contribution in [0.3, 0.4) is 0 Å². The van der Waals surface area contributed by atoms with Gasteiger partial charge >= 0.3 is 0 Å². The van der Waals surface area contributed by atoms with E-state index in [1.807, 2.05) is 29.3 Å². The zero-order valence-electron chi connectivity index (χ0n) is 9.65. The molecule has 2 aliphatic rings. The second-order valence-electron chi connectivity index (χ2n) is 4.46. The molecule has 1 N–H and O–H groups in total. The predicted octanol–water partition coefficient (Wildman–Crippen LogP) is 1.83. The van der Waals surface area contributed by atoms with Crippen molar-refractivity contribution in [3.63, 3.8) is 0 Å². The fraction of sp³-hybridized carbons (Fsp3) is 0.385. The number of hydrogen-bond donors (Lipinski definition) is 1. The van der Waals surface area contributed by atoms with Crippen molar-refractivity contribution in [3.8, 4) is 0 Å². The normalized spacial score (nSPS) is 21.5. The Morgan fingerprint density at radius 3 is 2.71 bits per heavy atom. The third-order valence-electron chi connectivity index (χ3n) is 3.22. The van der Waals surface area contributed by atoms with Gasteiger partial charge in [0.1, 0.15) is 0 Å². The lowest BCUT2D eigenvalue weighted by Gasteiger charge is -2.23. The second-order valence-corrected chi connectivity index (χ2v) is 4.46. The van der Waals surface area contributed by atoms with E-state index in [0.29, 0.717) is 5.71 Å². The molecule has 0 saturated carbocycles. The first-order valence-corrected chi connectivity index (χ1v) is 6.09. The van der Waals surface area contributed by atoms with Crippen LogP contribution >= 0.6 is 0 Å². The molecule has 2 heterocycles. The number of para-hydroxylation sites is 1. The summed E-state index contributed by atoms with van der Waals surface area (Å²) >= 11 is 0. The summed E-state index contributed by atoms with van der Waals surface area (Å²) in [5.74, 6) is -0.0863. The minimum Gasteiger partial charge on any atom is -0.320 e. The number of piperidine rings is 1. The van der Waals surface area contributed by atoms with Gasteiger partial charge < -0.3 is 5.32 Å². The van der Waals surface area contributed by atoms with Gasteiger partial charge in [0, 0.05) is 18.7 Å². The Hall–Kier alpha value is -1.84. The molecule has 0 aliphatic carbocycles. The quantitative estimate of drug-likeness (QED) is 0.798. The van der Waals surface area contributed by atoms with Crippen molar-refractivity contribution in [2.24, 2.45) is 5.10 Å². The SMILES string of the molecule is O=C1Nc2ccccc2C1=NN1CCCCC1. The van der Waals surface area contributed by atoms with E-state index >= 15 is 0 Å². The summed E-state index contributed by atoms with van der Waals surface area (Å²) in [4.78, 5) is 11.8. The third kappa shape index (κ3) is 1.90. The molecule has 1 saturated heterocycles. The number of benzene rings is 1. The highest BCUT2D eigenvalue weighted by molar-refractivity contribution is 6.53. The van der Waals surface area contributed by atoms with Gasteiger partial charge in [0.15, 0.2) is 5.71 Å². The van der Waals surface area contributed by atoms with Gasteiger partial charge in [-0.2, -0.15) is 5.10 Å². The van der Waals surface area contributed by atoms with Crippen LogP contribution in [0, 0.1) is 0 Å². The summed E-state index contributed by atoms with van der Waals surface area (Å²) in [6.45, 7) is 1.91. The fourth-order valence-corrected chi connectivity index (χ4v) is 2.32. The lowest BCUT2D eigenvalue weighted by molar-refractivity contribution is -0.110. The average Bonchev–Trinajstić information content (AvgIpc) is 2.68. The van der Waals surface area contributed by atoms with Crippen LogP contribution in [-0.2, 0) is 4.79 Å². The van der Waals surface area contributed by atoms with Crippen molar-refractivity contribution in [1.82, 2.24) is 5.01 Å². The van der Waals surface area contributed by atoms with Crippen LogP contribution in [-0.4, -0.2) is 29.7 Å². The molecule has 0 radical (unpaired) electrons. The molecule has 2 aliphatic heterocycles. The summed E-state index contributed by atoms with van der Waals surface area (Å²) in [6.07, 6.45) is 3.60. The zero-order valence-corrected chi connectivity index (χ0v) is 9.65. The first-order chi connectivity index (χ1) is 8.34. The van der Waals surface area contributed by atoms with Crippen molar-refractivity contribution in [3.05, 3.63) is 29.8 Å². The summed E-state index contributed by atoms with van der Waals surface area (Å²) in [7, 11) is 0. The van der Waals surface area contributed by atoms with Crippen molar-refractivity contribution >= 4 is 17.3 Å². The number of carbonyl (C=O) groups is 1. The van der Waals surface area contributed by atoms with Gasteiger partial charge in [0.05, 0.1) is 5.69 Å². The van der Waals surface area contributed by atoms with Crippen LogP contribution in [0.1, 0.15) is 24.8 Å². The molecule has 4 heteroatoms. The van der Waals surface area contributed by atoms with Crippen LogP contribution in [0.2, 0.25) is 0 Å². The summed E-state index contributed by atoms with van der Waals surface area (Å²) in [6, 6.07) is 7.70. The first-order valence-electron chi connectivity index (χ1n) is 6.09. The Morgan fingerprint density at radius 1 is 1.12 bits per heavy atom. The first kappa shape index (κ1) is 10.3. The number of hydrogen-bond acceptors (Lipinski definition) is 3. The van der Waals surface area contributed by atoms with Gasteiger partial charge in [0.25, 0.3) is 5.91 Å². The molecular weight excluding hydrogens is 214 g/mol. The highest BCUT2D eigenvalue weighted by Gasteiger charge is 2.26. The minimum absolute atomic E-state index is 0.0863. The number of amides is 1. The van der Waals surface area contributed by atoms with E-state index in [4.69, 9.17) is 0 Å². The van der Waals surface area contributed by atoms with Gasteiger partial charge in [-0.1, -0.05) is 18.2 Å². The molecule has 3 rings (SSSR count). The Morgan fingerprint density at radius 2 is 1.88 bits per heavy atom. The van der Waals surface area contributed by atoms with Crippen molar-refractivity contribution < 1.29 is 4.79 Å². The average molecular weight is 229 g/mol. The fourth-order valence-electron chi connectivity index (χ4n) is 2.32. The highest BCUT2D eigenvalue weighted by atomic mass is 16.2. The molecule has 1 aromatic carbocycles. The second kappa shape index (κ2) is 4.20. The minimum atomic E-state index is -0.0863. The summed E-state index contributed by atoms with van der Waals surface area (Å²) in [5, 5.41) is 9.35. The smallest absolute Gasteiger partial charge is 0.276 e. The van der Waals surface area contributed by atoms with Gasteiger partial charge in [-0.15, -0.1) is 0 Å². The summed E-state index contributed by atoms with van der Waals surface area (Å²) < 4.78 is 0. The molecular formula is C13H15N3O. The van der Waals surface area contributed by atoms with E-state index in [9.17, 15) is 4.79 Å². The van der Waals surface area contributed by atoms with E-state index in [1.54, 1.807) is 0 Å². The molecule has 0 atom stereocenters. The number of hydrazone groups is 1. The molecule has 88 valence electrons. The van der Waals surface area contributed by atoms with Gasteiger partial charge in [-0.25, -0.2) is 0 Å². The van der Waals surface area contributed by atoms with Gasteiger partial charge in [0.2, 0.25) is 0 Å². The van der Waals surface area contributed by atoms with E-state index < -0.39 is 0 Å². The molecule has 17 heavy (non-hydrogen) atoms. The van der Waals surface area contributed by atoms with E-state index in [1.165, 1.54) is 19.3 Å². The van der Waals surface area contributed by atoms with Crippen molar-refractivity contribution in [2.45, 2.75) is 19.3 Å². The summed E-state index contributed by atoms with van der Waals surface area (Å²) in [5.41, 5.74) is 2.35. The number of nitrogens with one attached hydrogen (secondary N) is 1. The Labute approximate surface area is 100 Å². The Bertz CT molecular complexity index is 475. The largest absolute Gasteiger partial charge is 0.320 e. The van der Waals surface area contributed by atoms with Crippen LogP contribution in [0.15, 0.2) is 29.4 Å². The molecule has 0 bridgehead atoms. The van der Waals surface area contributed by atoms with Crippen LogP contribution < -0.4 is 5.32 Å². The molecule has 1 amide bonds. The van der Waals surface area contributed by atoms with E-state index in [-0.39, 0.29) is 5.91 Å². The third-order valence-corrected chi connectivity index (χ3v) is 3.22. The molecule has 4 nitrogen and oxygen atoms in total. The highest BCUT2D eigenvalue weighted by Crippen LogP contribution is 2.23. The van der Waals surface area contributed by atoms with Crippen LogP contribution in [0.25, 0.3) is 0 Å². The molecule has 1 aromatic rings. The number of nitrogens with zero attached hydrogens (tertiary/aromatic N) is 2. The van der Waals surface area contributed by atoms with E-state index in [0.717, 1.165) is 24.3 Å². The topological polar surface area (TPSA) is 44.7 Å². The standard InChI is InChI=1S/C13H15N3O/c17-13-12(15-16-8-4-1-5-9-16)10-6-2-3-7-11(10)14-13/h2-3,6-7H,1,4-5,8-9H2,(H,14,15,17). The molecule has 1 fully saturated rings. The van der Waals surface area contributed by atoms with Crippen LogP contribution in [0.4, 0.5) is 5.69 Å². The number of rotatable bonds is 1. The number of anilines is 1. The lowest BCUT2D eigenvalue weighted by Crippen LogP contribution is -2.28. The molecule has 0 aromatic heterocycles. The molecule has 0 spiro atoms. The maximum atomic E-state index is 11.8. The van der Waals surface area contributed by atoms with Crippen molar-refractivity contribution in [1.29, 1.82) is 0 Å². The van der Waals surface area contributed by atoms with Gasteiger partial charge in [-0.05, 0) is 25.3 Å². The Balaban J connectivity index is 1.92. The van der Waals surface area contributed by atoms with Gasteiger partial charge in [-0.3, -0.25) is 9.80 Å². The van der Waals surface area contributed by atoms with E-state index in [2.05, 4.69) is 10.4 Å². The molecule has 0 unspecified atom stereocenters. The maximum absolute atomic E-state index is 11.8. The maximum Gasteiger partial charge on any atom is 0.276 e. The number of fused-ring (bicyclic) bond motifs is 1. The van der Waals surface area contributed by atoms with Crippen molar-refractivity contribution in [2.75, 3.05) is 18.4 Å². The number of carbonyl (C=O) groups excluding carboxylic acids is 1. The Kier molecular flexibility index (Phi) is 2.55. The van der Waals surface area contributed by atoms with Crippen LogP contribution in [0.5, 0.6) is 0 Å². The lowest BCUT2D eigenvalue weighted by atomic mass is 10.1. The zero-order chi connectivity index (χ0) is 11.7. The predicted molar refractivity (Wildman–Crippen MR) is 67.0 cm³/mol.